The summed E-state index contributed by atoms with van der Waals surface area (Å²) < 4.78 is 41.3. The third-order valence-corrected chi connectivity index (χ3v) is 9.14. The molecular weight excluding hydrogens is 451 g/mol. The van der Waals surface area contributed by atoms with Crippen molar-refractivity contribution >= 4 is 33.5 Å². The van der Waals surface area contributed by atoms with E-state index in [9.17, 15) is 22.4 Å². The number of rotatable bonds is 5. The molecule has 1 saturated heterocycles. The van der Waals surface area contributed by atoms with Crippen LogP contribution in [0.15, 0.2) is 52.3 Å². The van der Waals surface area contributed by atoms with Crippen LogP contribution in [0.3, 0.4) is 0 Å². The van der Waals surface area contributed by atoms with Crippen molar-refractivity contribution in [3.63, 3.8) is 0 Å². The van der Waals surface area contributed by atoms with Crippen molar-refractivity contribution in [3.05, 3.63) is 59.4 Å². The average molecular weight is 477 g/mol. The third-order valence-electron chi connectivity index (χ3n) is 6.07. The predicted octanol–water partition coefficient (Wildman–Crippen LogP) is 3.78. The highest BCUT2D eigenvalue weighted by Gasteiger charge is 2.33. The summed E-state index contributed by atoms with van der Waals surface area (Å²) in [4.78, 5) is 25.0. The zero-order valence-electron chi connectivity index (χ0n) is 17.7. The summed E-state index contributed by atoms with van der Waals surface area (Å²) in [5, 5.41) is 3.06. The molecule has 2 aliphatic rings. The summed E-state index contributed by atoms with van der Waals surface area (Å²) in [6, 6.07) is 10.6. The topological polar surface area (TPSA) is 83.6 Å². The second-order valence-corrected chi connectivity index (χ2v) is 11.2. The van der Waals surface area contributed by atoms with Crippen LogP contribution in [0.4, 0.5) is 4.39 Å². The standard InChI is InChI=1S/C23H25FN2O4S2/c1-15(27)16-5-7-18(8-6-16)32(29,30)26-12-9-17(10-13-26)23(28)25-21-11-14-31-22-19(21)3-2-4-20(22)24/h2-8,17,21H,9-14H2,1H3,(H,25,28). The van der Waals surface area contributed by atoms with Gasteiger partial charge in [0, 0.05) is 35.2 Å². The molecular formula is C23H25FN2O4S2. The summed E-state index contributed by atoms with van der Waals surface area (Å²) >= 11 is 1.47. The van der Waals surface area contributed by atoms with Crippen LogP contribution in [0.2, 0.25) is 0 Å². The lowest BCUT2D eigenvalue weighted by Crippen LogP contribution is -2.44. The van der Waals surface area contributed by atoms with Gasteiger partial charge >= 0.3 is 0 Å². The summed E-state index contributed by atoms with van der Waals surface area (Å²) in [5.74, 6) is -0.0464. The molecule has 0 saturated carbocycles. The number of sulfonamides is 1. The minimum absolute atomic E-state index is 0.111. The highest BCUT2D eigenvalue weighted by molar-refractivity contribution is 7.99. The molecule has 2 aromatic carbocycles. The molecule has 2 aromatic rings. The van der Waals surface area contributed by atoms with Gasteiger partial charge in [0.05, 0.1) is 10.9 Å². The molecule has 2 heterocycles. The molecule has 9 heteroatoms. The zero-order chi connectivity index (χ0) is 22.9. The number of nitrogens with one attached hydrogen (secondary N) is 1. The minimum Gasteiger partial charge on any atom is -0.349 e. The third kappa shape index (κ3) is 4.60. The first-order valence-corrected chi connectivity index (χ1v) is 13.0. The van der Waals surface area contributed by atoms with Crippen LogP contribution in [0, 0.1) is 11.7 Å². The number of ketones is 1. The number of Topliss-reactive ketones (excluding diaryl/α,β-unsaturated/α-hetero) is 1. The van der Waals surface area contributed by atoms with E-state index in [2.05, 4.69) is 5.32 Å². The van der Waals surface area contributed by atoms with Crippen molar-refractivity contribution in [1.29, 1.82) is 0 Å². The molecule has 0 aliphatic carbocycles. The smallest absolute Gasteiger partial charge is 0.243 e. The van der Waals surface area contributed by atoms with Crippen LogP contribution in [-0.4, -0.2) is 43.3 Å². The molecule has 1 fully saturated rings. The lowest BCUT2D eigenvalue weighted by atomic mass is 9.95. The number of carbonyl (C=O) groups is 2. The molecule has 0 radical (unpaired) electrons. The molecule has 2 aliphatic heterocycles. The fraction of sp³-hybridized carbons (Fsp3) is 0.391. The number of amides is 1. The fourth-order valence-electron chi connectivity index (χ4n) is 4.20. The molecule has 1 unspecified atom stereocenters. The molecule has 0 aromatic heterocycles. The number of carbonyl (C=O) groups excluding carboxylic acids is 2. The van der Waals surface area contributed by atoms with Crippen molar-refractivity contribution < 1.29 is 22.4 Å². The van der Waals surface area contributed by atoms with Crippen LogP contribution in [0.5, 0.6) is 0 Å². The van der Waals surface area contributed by atoms with Crippen molar-refractivity contribution in [3.8, 4) is 0 Å². The zero-order valence-corrected chi connectivity index (χ0v) is 19.3. The molecule has 32 heavy (non-hydrogen) atoms. The largest absolute Gasteiger partial charge is 0.349 e. The Morgan fingerprint density at radius 3 is 2.41 bits per heavy atom. The molecule has 170 valence electrons. The molecule has 1 amide bonds. The number of nitrogens with zero attached hydrogens (tertiary/aromatic N) is 1. The maximum absolute atomic E-state index is 14.1. The Balaban J connectivity index is 1.38. The van der Waals surface area contributed by atoms with Gasteiger partial charge < -0.3 is 5.32 Å². The normalized spacial score (nSPS) is 19.9. The van der Waals surface area contributed by atoms with E-state index in [1.807, 2.05) is 6.07 Å². The Morgan fingerprint density at radius 2 is 1.75 bits per heavy atom. The second-order valence-electron chi connectivity index (χ2n) is 8.12. The van der Waals surface area contributed by atoms with Gasteiger partial charge in [0.15, 0.2) is 5.78 Å². The average Bonchev–Trinajstić information content (AvgIpc) is 2.80. The Hall–Kier alpha value is -2.23. The van der Waals surface area contributed by atoms with Crippen molar-refractivity contribution in [2.24, 2.45) is 5.92 Å². The highest BCUT2D eigenvalue weighted by Crippen LogP contribution is 2.38. The van der Waals surface area contributed by atoms with Crippen LogP contribution in [0.25, 0.3) is 0 Å². The van der Waals surface area contributed by atoms with E-state index >= 15 is 0 Å². The van der Waals surface area contributed by atoms with E-state index in [-0.39, 0.29) is 47.5 Å². The van der Waals surface area contributed by atoms with Gasteiger partial charge in [-0.05, 0) is 49.9 Å². The number of hydrogen-bond donors (Lipinski definition) is 1. The van der Waals surface area contributed by atoms with E-state index in [1.165, 1.54) is 53.3 Å². The Bertz CT molecular complexity index is 1130. The van der Waals surface area contributed by atoms with E-state index in [0.29, 0.717) is 23.3 Å². The first kappa shape index (κ1) is 22.9. The minimum atomic E-state index is -3.68. The number of piperidine rings is 1. The number of fused-ring (bicyclic) bond motifs is 1. The lowest BCUT2D eigenvalue weighted by Gasteiger charge is -2.32. The number of hydrogen-bond acceptors (Lipinski definition) is 5. The molecule has 0 spiro atoms. The van der Waals surface area contributed by atoms with Gasteiger partial charge in [-0.15, -0.1) is 11.8 Å². The Labute approximate surface area is 191 Å². The summed E-state index contributed by atoms with van der Waals surface area (Å²) in [7, 11) is -3.68. The predicted molar refractivity (Wildman–Crippen MR) is 121 cm³/mol. The number of halogens is 1. The summed E-state index contributed by atoms with van der Waals surface area (Å²) in [6.07, 6.45) is 1.58. The van der Waals surface area contributed by atoms with Crippen molar-refractivity contribution in [2.75, 3.05) is 18.8 Å². The first-order valence-electron chi connectivity index (χ1n) is 10.6. The van der Waals surface area contributed by atoms with Gasteiger partial charge in [-0.1, -0.05) is 24.3 Å². The van der Waals surface area contributed by atoms with Crippen LogP contribution < -0.4 is 5.32 Å². The quantitative estimate of drug-likeness (QED) is 0.664. The molecule has 4 rings (SSSR count). The summed E-state index contributed by atoms with van der Waals surface area (Å²) in [5.41, 5.74) is 1.27. The number of benzene rings is 2. The van der Waals surface area contributed by atoms with Gasteiger partial charge in [-0.3, -0.25) is 9.59 Å². The SMILES string of the molecule is CC(=O)c1ccc(S(=O)(=O)N2CCC(C(=O)NC3CCSc4c(F)cccc43)CC2)cc1. The van der Waals surface area contributed by atoms with Crippen LogP contribution in [0.1, 0.15) is 48.1 Å². The highest BCUT2D eigenvalue weighted by atomic mass is 32.2. The van der Waals surface area contributed by atoms with Crippen molar-refractivity contribution in [2.45, 2.75) is 42.0 Å². The fourth-order valence-corrected chi connectivity index (χ4v) is 6.81. The number of thioether (sulfide) groups is 1. The molecule has 6 nitrogen and oxygen atoms in total. The van der Waals surface area contributed by atoms with E-state index in [4.69, 9.17) is 0 Å². The Morgan fingerprint density at radius 1 is 1.06 bits per heavy atom. The van der Waals surface area contributed by atoms with Gasteiger partial charge in [0.1, 0.15) is 5.82 Å². The maximum Gasteiger partial charge on any atom is 0.243 e. The molecule has 1 N–H and O–H groups in total. The first-order chi connectivity index (χ1) is 15.3. The second kappa shape index (κ2) is 9.33. The Kier molecular flexibility index (Phi) is 6.69. The summed E-state index contributed by atoms with van der Waals surface area (Å²) in [6.45, 7) is 1.93. The molecule has 1 atom stereocenters. The van der Waals surface area contributed by atoms with E-state index in [1.54, 1.807) is 6.07 Å². The lowest BCUT2D eigenvalue weighted by molar-refractivity contribution is -0.127. The van der Waals surface area contributed by atoms with Gasteiger partial charge in [-0.2, -0.15) is 4.31 Å². The maximum atomic E-state index is 14.1. The van der Waals surface area contributed by atoms with Crippen LogP contribution >= 0.6 is 11.8 Å². The van der Waals surface area contributed by atoms with Gasteiger partial charge in [-0.25, -0.2) is 12.8 Å². The van der Waals surface area contributed by atoms with E-state index in [0.717, 1.165) is 17.7 Å². The van der Waals surface area contributed by atoms with E-state index < -0.39 is 10.0 Å². The van der Waals surface area contributed by atoms with Crippen LogP contribution in [-0.2, 0) is 14.8 Å². The van der Waals surface area contributed by atoms with Gasteiger partial charge in [0.25, 0.3) is 0 Å². The monoisotopic (exact) mass is 476 g/mol. The molecule has 0 bridgehead atoms. The van der Waals surface area contributed by atoms with Gasteiger partial charge in [0.2, 0.25) is 15.9 Å². The van der Waals surface area contributed by atoms with Crippen molar-refractivity contribution in [1.82, 2.24) is 9.62 Å².